The molecule has 3 nitrogen and oxygen atoms in total. The van der Waals surface area contributed by atoms with Crippen LogP contribution in [0, 0.1) is 0 Å². The molecule has 0 unspecified atom stereocenters. The molecule has 0 heterocycles. The van der Waals surface area contributed by atoms with Crippen molar-refractivity contribution < 1.29 is 8.42 Å². The van der Waals surface area contributed by atoms with Gasteiger partial charge in [0.15, 0.2) is 0 Å². The number of hydrogen-bond donors (Lipinski definition) is 2. The van der Waals surface area contributed by atoms with Gasteiger partial charge in [0.1, 0.15) is 0 Å². The zero-order chi connectivity index (χ0) is 8.97. The summed E-state index contributed by atoms with van der Waals surface area (Å²) in [4.78, 5) is 0. The second-order valence-corrected chi connectivity index (χ2v) is 3.49. The molecule has 1 rings (SSSR count). The summed E-state index contributed by atoms with van der Waals surface area (Å²) in [6.45, 7) is 0.291. The lowest BCUT2D eigenvalue weighted by Gasteiger charge is -1.98. The molecule has 1 N–H and O–H groups in total. The molecule has 0 fully saturated rings. The Hall–Kier alpha value is -0.580. The normalized spacial score (nSPS) is 10.5. The number of benzene rings is 1. The van der Waals surface area contributed by atoms with Crippen LogP contribution in [0.4, 0.5) is 0 Å². The minimum Gasteiger partial charge on any atom is -0.216 e. The van der Waals surface area contributed by atoms with Crippen LogP contribution in [-0.2, 0) is 17.4 Å². The summed E-state index contributed by atoms with van der Waals surface area (Å²) in [5, 5.41) is 0.607. The van der Waals surface area contributed by atoms with Gasteiger partial charge in [-0.15, -0.1) is 0 Å². The highest BCUT2D eigenvalue weighted by Crippen LogP contribution is 2.09. The van der Waals surface area contributed by atoms with Crippen LogP contribution in [-0.4, -0.2) is 8.42 Å². The molecule has 12 heavy (non-hydrogen) atoms. The average Bonchev–Trinajstić information content (AvgIpc) is 2.01. The van der Waals surface area contributed by atoms with Gasteiger partial charge in [0, 0.05) is 11.6 Å². The Labute approximate surface area is 77.4 Å². The van der Waals surface area contributed by atoms with E-state index in [0.29, 0.717) is 11.6 Å². The van der Waals surface area contributed by atoms with Gasteiger partial charge in [-0.05, 0) is 17.7 Å². The van der Waals surface area contributed by atoms with E-state index in [0.717, 1.165) is 5.56 Å². The first-order valence-corrected chi connectivity index (χ1v) is 4.86. The van der Waals surface area contributed by atoms with Crippen molar-refractivity contribution in [2.24, 2.45) is 0 Å². The molecule has 5 heteroatoms. The summed E-state index contributed by atoms with van der Waals surface area (Å²) >= 11 is 5.68. The highest BCUT2D eigenvalue weighted by molar-refractivity contribution is 7.70. The first kappa shape index (κ1) is 9.51. The number of thiol groups is 1. The van der Waals surface area contributed by atoms with Crippen molar-refractivity contribution in [3.05, 3.63) is 34.9 Å². The average molecular weight is 206 g/mol. The van der Waals surface area contributed by atoms with Crippen molar-refractivity contribution in [2.75, 3.05) is 0 Å². The number of hydrogen-bond acceptors (Lipinski definition) is 2. The van der Waals surface area contributed by atoms with Crippen LogP contribution in [0.2, 0.25) is 5.02 Å². The molecule has 0 saturated heterocycles. The van der Waals surface area contributed by atoms with Crippen LogP contribution < -0.4 is 4.72 Å². The third-order valence-corrected chi connectivity index (χ3v) is 1.95. The van der Waals surface area contributed by atoms with Gasteiger partial charge in [-0.2, -0.15) is 0 Å². The summed E-state index contributed by atoms with van der Waals surface area (Å²) in [7, 11) is -2.53. The predicted octanol–water partition coefficient (Wildman–Crippen LogP) is 0.956. The van der Waals surface area contributed by atoms with E-state index in [4.69, 9.17) is 11.6 Å². The monoisotopic (exact) mass is 205 g/mol. The van der Waals surface area contributed by atoms with Gasteiger partial charge in [0.25, 0.3) is 0 Å². The van der Waals surface area contributed by atoms with E-state index >= 15 is 0 Å². The quantitative estimate of drug-likeness (QED) is 0.722. The smallest absolute Gasteiger partial charge is 0.201 e. The minimum absolute atomic E-state index is 0.291. The maximum Gasteiger partial charge on any atom is 0.201 e. The van der Waals surface area contributed by atoms with E-state index in [1.165, 1.54) is 0 Å². The fourth-order valence-electron chi connectivity index (χ4n) is 0.803. The third-order valence-electron chi connectivity index (χ3n) is 1.30. The first-order chi connectivity index (χ1) is 5.68. The molecular weight excluding hydrogens is 198 g/mol. The Balaban J connectivity index is 2.63. The largest absolute Gasteiger partial charge is 0.216 e. The van der Waals surface area contributed by atoms with Crippen LogP contribution in [0.1, 0.15) is 5.56 Å². The molecule has 66 valence electrons. The van der Waals surface area contributed by atoms with E-state index in [1.54, 1.807) is 24.3 Å². The Bertz CT molecular complexity index is 330. The molecule has 0 radical (unpaired) electrons. The molecular formula is C7H8ClNO2S. The third kappa shape index (κ3) is 3.21. The van der Waals surface area contributed by atoms with Crippen LogP contribution >= 0.6 is 11.6 Å². The molecule has 0 aliphatic carbocycles. The van der Waals surface area contributed by atoms with Crippen molar-refractivity contribution in [1.82, 2.24) is 4.72 Å². The number of halogens is 1. The van der Waals surface area contributed by atoms with Crippen molar-refractivity contribution in [1.29, 1.82) is 0 Å². The van der Waals surface area contributed by atoms with Crippen molar-refractivity contribution in [2.45, 2.75) is 6.54 Å². The highest BCUT2D eigenvalue weighted by Gasteiger charge is 1.93. The molecule has 0 atom stereocenters. The zero-order valence-electron chi connectivity index (χ0n) is 6.16. The van der Waals surface area contributed by atoms with E-state index in [1.807, 2.05) is 0 Å². The van der Waals surface area contributed by atoms with Crippen molar-refractivity contribution >= 4 is 22.5 Å². The molecule has 0 saturated carbocycles. The van der Waals surface area contributed by atoms with E-state index in [-0.39, 0.29) is 0 Å². The maximum atomic E-state index is 10.2. The second-order valence-electron chi connectivity index (χ2n) is 2.22. The van der Waals surface area contributed by atoms with Gasteiger partial charge in [-0.1, -0.05) is 23.7 Å². The molecule has 0 bridgehead atoms. The van der Waals surface area contributed by atoms with Crippen molar-refractivity contribution in [3.63, 3.8) is 0 Å². The molecule has 0 spiro atoms. The molecule has 1 aromatic carbocycles. The lowest BCUT2D eigenvalue weighted by Crippen LogP contribution is -2.09. The van der Waals surface area contributed by atoms with Crippen LogP contribution in [0.15, 0.2) is 24.3 Å². The van der Waals surface area contributed by atoms with Gasteiger partial charge in [0.2, 0.25) is 10.9 Å². The van der Waals surface area contributed by atoms with Gasteiger partial charge in [-0.3, -0.25) is 0 Å². The second kappa shape index (κ2) is 4.45. The number of rotatable bonds is 3. The Morgan fingerprint density at radius 1 is 1.42 bits per heavy atom. The Morgan fingerprint density at radius 3 is 2.75 bits per heavy atom. The summed E-state index contributed by atoms with van der Waals surface area (Å²) in [5.74, 6) is 0. The summed E-state index contributed by atoms with van der Waals surface area (Å²) in [6.07, 6.45) is 0. The summed E-state index contributed by atoms with van der Waals surface area (Å²) in [5.41, 5.74) is 0.849. The fourth-order valence-corrected chi connectivity index (χ4v) is 1.33. The lowest BCUT2D eigenvalue weighted by atomic mass is 10.2. The van der Waals surface area contributed by atoms with E-state index in [2.05, 4.69) is 4.72 Å². The van der Waals surface area contributed by atoms with Crippen molar-refractivity contribution in [3.8, 4) is 0 Å². The molecule has 0 aliphatic rings. The summed E-state index contributed by atoms with van der Waals surface area (Å²) < 4.78 is 22.6. The first-order valence-electron chi connectivity index (χ1n) is 3.31. The Morgan fingerprint density at radius 2 is 2.17 bits per heavy atom. The molecule has 0 aromatic heterocycles. The molecule has 0 amide bonds. The van der Waals surface area contributed by atoms with Crippen LogP contribution in [0.25, 0.3) is 0 Å². The number of nitrogens with one attached hydrogen (secondary N) is 1. The van der Waals surface area contributed by atoms with Crippen LogP contribution in [0.5, 0.6) is 0 Å². The minimum atomic E-state index is -2.53. The predicted molar refractivity (Wildman–Crippen MR) is 48.6 cm³/mol. The standard InChI is InChI=1S/C7H8ClNO2S/c8-7-3-1-2-6(4-7)5-9-12(10)11/h1-4,12H,5H2,(H,9,10,11). The Kier molecular flexibility index (Phi) is 3.52. The molecule has 0 aliphatic heterocycles. The van der Waals surface area contributed by atoms with Crippen LogP contribution in [0.3, 0.4) is 0 Å². The topological polar surface area (TPSA) is 46.2 Å². The van der Waals surface area contributed by atoms with Gasteiger partial charge >= 0.3 is 0 Å². The SMILES string of the molecule is O=[SH](=O)NCc1cccc(Cl)c1. The van der Waals surface area contributed by atoms with E-state index in [9.17, 15) is 8.42 Å². The fraction of sp³-hybridized carbons (Fsp3) is 0.143. The van der Waals surface area contributed by atoms with E-state index < -0.39 is 10.9 Å². The maximum absolute atomic E-state index is 10.2. The lowest BCUT2D eigenvalue weighted by molar-refractivity contribution is 0.601. The van der Waals surface area contributed by atoms with Gasteiger partial charge < -0.3 is 0 Å². The zero-order valence-corrected chi connectivity index (χ0v) is 7.81. The van der Waals surface area contributed by atoms with Gasteiger partial charge in [-0.25, -0.2) is 13.1 Å². The summed E-state index contributed by atoms with van der Waals surface area (Å²) in [6, 6.07) is 7.03. The highest BCUT2D eigenvalue weighted by atomic mass is 35.5. The van der Waals surface area contributed by atoms with Gasteiger partial charge in [0.05, 0.1) is 0 Å². The molecule has 1 aromatic rings.